The molecule has 0 atom stereocenters. The first-order valence-corrected chi connectivity index (χ1v) is 7.87. The first kappa shape index (κ1) is 13.5. The normalized spacial score (nSPS) is 18.3. The molecule has 0 radical (unpaired) electrons. The van der Waals surface area contributed by atoms with Gasteiger partial charge in [0.2, 0.25) is 10.0 Å². The summed E-state index contributed by atoms with van der Waals surface area (Å²) in [5.74, 6) is 0.0682. The van der Waals surface area contributed by atoms with Crippen LogP contribution in [0.25, 0.3) is 0 Å². The van der Waals surface area contributed by atoms with Crippen LogP contribution in [0.3, 0.4) is 0 Å². The molecule has 2 N–H and O–H groups in total. The molecule has 1 aliphatic carbocycles. The van der Waals surface area contributed by atoms with Crippen LogP contribution in [-0.4, -0.2) is 31.4 Å². The lowest BCUT2D eigenvalue weighted by molar-refractivity contribution is 0.111. The third-order valence-corrected chi connectivity index (χ3v) is 4.97. The molecule has 100 valence electrons. The average molecular weight is 269 g/mol. The Morgan fingerprint density at radius 2 is 1.89 bits per heavy atom. The average Bonchev–Trinajstić information content (AvgIpc) is 2.33. The Bertz CT molecular complexity index is 475. The van der Waals surface area contributed by atoms with Crippen molar-refractivity contribution in [2.45, 2.75) is 31.2 Å². The van der Waals surface area contributed by atoms with Gasteiger partial charge in [-0.3, -0.25) is 0 Å². The van der Waals surface area contributed by atoms with Gasteiger partial charge in [0.15, 0.2) is 0 Å². The molecule has 1 fully saturated rings. The van der Waals surface area contributed by atoms with E-state index in [9.17, 15) is 13.5 Å². The van der Waals surface area contributed by atoms with Crippen LogP contribution < -0.4 is 4.72 Å². The van der Waals surface area contributed by atoms with Crippen molar-refractivity contribution >= 4 is 10.0 Å². The van der Waals surface area contributed by atoms with E-state index < -0.39 is 15.6 Å². The van der Waals surface area contributed by atoms with Crippen molar-refractivity contribution in [3.8, 4) is 0 Å². The van der Waals surface area contributed by atoms with Gasteiger partial charge in [-0.05, 0) is 31.2 Å². The number of aliphatic hydroxyl groups excluding tert-OH is 1. The van der Waals surface area contributed by atoms with Crippen molar-refractivity contribution in [1.82, 2.24) is 4.72 Å². The predicted octanol–water partition coefficient (Wildman–Crippen LogP) is 1.06. The molecule has 0 unspecified atom stereocenters. The SMILES string of the molecule is O=S(=O)(CCc1ccccc1)NC1(CO)CCC1. The van der Waals surface area contributed by atoms with Gasteiger partial charge in [-0.15, -0.1) is 0 Å². The minimum Gasteiger partial charge on any atom is -0.394 e. The summed E-state index contributed by atoms with van der Waals surface area (Å²) in [4.78, 5) is 0. The summed E-state index contributed by atoms with van der Waals surface area (Å²) in [6.45, 7) is -0.114. The molecule has 18 heavy (non-hydrogen) atoms. The van der Waals surface area contributed by atoms with E-state index in [-0.39, 0.29) is 12.4 Å². The number of aliphatic hydroxyl groups is 1. The van der Waals surface area contributed by atoms with Gasteiger partial charge in [-0.1, -0.05) is 30.3 Å². The van der Waals surface area contributed by atoms with Crippen LogP contribution in [-0.2, 0) is 16.4 Å². The second kappa shape index (κ2) is 5.38. The van der Waals surface area contributed by atoms with Gasteiger partial charge in [0.1, 0.15) is 0 Å². The Balaban J connectivity index is 1.92. The highest BCUT2D eigenvalue weighted by Gasteiger charge is 2.39. The summed E-state index contributed by atoms with van der Waals surface area (Å²) in [6, 6.07) is 9.54. The van der Waals surface area contributed by atoms with E-state index in [0.29, 0.717) is 6.42 Å². The van der Waals surface area contributed by atoms with Crippen LogP contribution in [0, 0.1) is 0 Å². The molecule has 0 heterocycles. The zero-order valence-electron chi connectivity index (χ0n) is 10.3. The number of nitrogens with one attached hydrogen (secondary N) is 1. The lowest BCUT2D eigenvalue weighted by Crippen LogP contribution is -2.56. The van der Waals surface area contributed by atoms with Crippen LogP contribution in [0.2, 0.25) is 0 Å². The van der Waals surface area contributed by atoms with E-state index in [1.54, 1.807) is 0 Å². The van der Waals surface area contributed by atoms with Crippen molar-refractivity contribution < 1.29 is 13.5 Å². The van der Waals surface area contributed by atoms with E-state index in [1.807, 2.05) is 30.3 Å². The van der Waals surface area contributed by atoms with Gasteiger partial charge in [0, 0.05) is 0 Å². The van der Waals surface area contributed by atoms with Crippen LogP contribution in [0.4, 0.5) is 0 Å². The number of sulfonamides is 1. The Morgan fingerprint density at radius 1 is 1.22 bits per heavy atom. The molecule has 1 aromatic rings. The highest BCUT2D eigenvalue weighted by atomic mass is 32.2. The fourth-order valence-corrected chi connectivity index (χ4v) is 3.71. The Morgan fingerprint density at radius 3 is 2.39 bits per heavy atom. The number of rotatable bonds is 6. The van der Waals surface area contributed by atoms with E-state index in [2.05, 4.69) is 4.72 Å². The summed E-state index contributed by atoms with van der Waals surface area (Å²) >= 11 is 0. The monoisotopic (exact) mass is 269 g/mol. The number of hydrogen-bond acceptors (Lipinski definition) is 3. The van der Waals surface area contributed by atoms with Gasteiger partial charge < -0.3 is 5.11 Å². The molecule has 0 bridgehead atoms. The zero-order chi connectivity index (χ0) is 13.1. The van der Waals surface area contributed by atoms with E-state index in [0.717, 1.165) is 24.8 Å². The second-order valence-corrected chi connectivity index (χ2v) is 6.79. The second-order valence-electron chi connectivity index (χ2n) is 4.95. The van der Waals surface area contributed by atoms with Gasteiger partial charge in [-0.25, -0.2) is 13.1 Å². The van der Waals surface area contributed by atoms with Gasteiger partial charge >= 0.3 is 0 Å². The molecule has 0 spiro atoms. The minimum absolute atomic E-state index is 0.0682. The maximum Gasteiger partial charge on any atom is 0.212 e. The van der Waals surface area contributed by atoms with Crippen LogP contribution in [0.1, 0.15) is 24.8 Å². The van der Waals surface area contributed by atoms with Gasteiger partial charge in [-0.2, -0.15) is 0 Å². The lowest BCUT2D eigenvalue weighted by atomic mass is 9.78. The van der Waals surface area contributed by atoms with E-state index >= 15 is 0 Å². The summed E-state index contributed by atoms with van der Waals surface area (Å²) in [7, 11) is -3.32. The van der Waals surface area contributed by atoms with Crippen LogP contribution >= 0.6 is 0 Å². The summed E-state index contributed by atoms with van der Waals surface area (Å²) < 4.78 is 26.5. The maximum absolute atomic E-state index is 11.9. The van der Waals surface area contributed by atoms with Crippen LogP contribution in [0.5, 0.6) is 0 Å². The molecular formula is C13H19NO3S. The predicted molar refractivity (Wildman–Crippen MR) is 70.7 cm³/mol. The Labute approximate surface area is 108 Å². The van der Waals surface area contributed by atoms with Crippen molar-refractivity contribution in [2.24, 2.45) is 0 Å². The summed E-state index contributed by atoms with van der Waals surface area (Å²) in [5, 5.41) is 9.26. The summed E-state index contributed by atoms with van der Waals surface area (Å²) in [5.41, 5.74) is 0.421. The standard InChI is InChI=1S/C13H19NO3S/c15-11-13(8-4-9-13)14-18(16,17)10-7-12-5-2-1-3-6-12/h1-3,5-6,14-15H,4,7-11H2. The lowest BCUT2D eigenvalue weighted by Gasteiger charge is -2.40. The first-order valence-electron chi connectivity index (χ1n) is 6.22. The zero-order valence-corrected chi connectivity index (χ0v) is 11.1. The highest BCUT2D eigenvalue weighted by Crippen LogP contribution is 2.31. The summed E-state index contributed by atoms with van der Waals surface area (Å²) in [6.07, 6.45) is 2.93. The molecule has 2 rings (SSSR count). The van der Waals surface area contributed by atoms with E-state index in [4.69, 9.17) is 0 Å². The van der Waals surface area contributed by atoms with Gasteiger partial charge in [0.05, 0.1) is 17.9 Å². The number of hydrogen-bond donors (Lipinski definition) is 2. The molecule has 1 saturated carbocycles. The van der Waals surface area contributed by atoms with Crippen molar-refractivity contribution in [2.75, 3.05) is 12.4 Å². The van der Waals surface area contributed by atoms with Crippen molar-refractivity contribution in [1.29, 1.82) is 0 Å². The molecule has 0 aliphatic heterocycles. The molecular weight excluding hydrogens is 250 g/mol. The van der Waals surface area contributed by atoms with E-state index in [1.165, 1.54) is 0 Å². The fraction of sp³-hybridized carbons (Fsp3) is 0.538. The number of benzene rings is 1. The molecule has 1 aliphatic rings. The quantitative estimate of drug-likeness (QED) is 0.811. The van der Waals surface area contributed by atoms with Crippen LogP contribution in [0.15, 0.2) is 30.3 Å². The Hall–Kier alpha value is -0.910. The third-order valence-electron chi connectivity index (χ3n) is 3.49. The molecule has 0 aromatic heterocycles. The smallest absolute Gasteiger partial charge is 0.212 e. The minimum atomic E-state index is -3.32. The van der Waals surface area contributed by atoms with Crippen molar-refractivity contribution in [3.63, 3.8) is 0 Å². The molecule has 0 amide bonds. The largest absolute Gasteiger partial charge is 0.394 e. The molecule has 1 aromatic carbocycles. The topological polar surface area (TPSA) is 66.4 Å². The van der Waals surface area contributed by atoms with Gasteiger partial charge in [0.25, 0.3) is 0 Å². The highest BCUT2D eigenvalue weighted by molar-refractivity contribution is 7.89. The first-order chi connectivity index (χ1) is 8.55. The Kier molecular flexibility index (Phi) is 4.04. The molecule has 4 nitrogen and oxygen atoms in total. The number of aryl methyl sites for hydroxylation is 1. The van der Waals surface area contributed by atoms with Crippen molar-refractivity contribution in [3.05, 3.63) is 35.9 Å². The maximum atomic E-state index is 11.9. The molecule has 0 saturated heterocycles. The molecule has 5 heteroatoms. The fourth-order valence-electron chi connectivity index (χ4n) is 2.17. The third kappa shape index (κ3) is 3.31.